The van der Waals surface area contributed by atoms with Gasteiger partial charge in [0.2, 0.25) is 0 Å². The number of hydrogen-bond donors (Lipinski definition) is 1. The Bertz CT molecular complexity index is 424. The molecule has 0 heterocycles. The standard InChI is InChI=1S/C12H12ClNO/c13-11-8-9(14)6-7-12(11)15-10-4-2-1-3-5-10/h2,4-8H,1,3,14H2. The molecule has 0 spiro atoms. The molecular weight excluding hydrogens is 210 g/mol. The molecule has 2 nitrogen and oxygen atoms in total. The SMILES string of the molecule is Nc1ccc(OC2=CCCC=C2)c(Cl)c1. The third-order valence-electron chi connectivity index (χ3n) is 2.14. The van der Waals surface area contributed by atoms with Crippen LogP contribution in [-0.4, -0.2) is 0 Å². The highest BCUT2D eigenvalue weighted by molar-refractivity contribution is 6.32. The van der Waals surface area contributed by atoms with Crippen LogP contribution < -0.4 is 10.5 Å². The van der Waals surface area contributed by atoms with Gasteiger partial charge in [0.1, 0.15) is 11.5 Å². The summed E-state index contributed by atoms with van der Waals surface area (Å²) in [6.45, 7) is 0. The molecular formula is C12H12ClNO. The van der Waals surface area contributed by atoms with Crippen molar-refractivity contribution < 1.29 is 4.74 Å². The van der Waals surface area contributed by atoms with E-state index in [2.05, 4.69) is 6.08 Å². The van der Waals surface area contributed by atoms with Crippen molar-refractivity contribution in [3.8, 4) is 5.75 Å². The highest BCUT2D eigenvalue weighted by Gasteiger charge is 2.05. The normalized spacial score (nSPS) is 14.9. The third kappa shape index (κ3) is 2.54. The lowest BCUT2D eigenvalue weighted by Gasteiger charge is -2.10. The molecule has 0 atom stereocenters. The molecule has 0 bridgehead atoms. The van der Waals surface area contributed by atoms with Gasteiger partial charge in [-0.05, 0) is 43.2 Å². The number of ether oxygens (including phenoxy) is 1. The first-order valence-corrected chi connectivity index (χ1v) is 5.23. The highest BCUT2D eigenvalue weighted by atomic mass is 35.5. The van der Waals surface area contributed by atoms with Gasteiger partial charge in [-0.3, -0.25) is 0 Å². The summed E-state index contributed by atoms with van der Waals surface area (Å²) in [7, 11) is 0. The van der Waals surface area contributed by atoms with Crippen molar-refractivity contribution in [2.75, 3.05) is 5.73 Å². The van der Waals surface area contributed by atoms with Crippen LogP contribution in [0.3, 0.4) is 0 Å². The van der Waals surface area contributed by atoms with Gasteiger partial charge in [0.25, 0.3) is 0 Å². The zero-order valence-electron chi connectivity index (χ0n) is 8.24. The summed E-state index contributed by atoms with van der Waals surface area (Å²) < 4.78 is 5.63. The van der Waals surface area contributed by atoms with Gasteiger partial charge in [0.15, 0.2) is 0 Å². The summed E-state index contributed by atoms with van der Waals surface area (Å²) in [6, 6.07) is 5.24. The minimum absolute atomic E-state index is 0.537. The number of rotatable bonds is 2. The maximum Gasteiger partial charge on any atom is 0.146 e. The molecule has 0 aliphatic heterocycles. The van der Waals surface area contributed by atoms with Crippen LogP contribution in [0.4, 0.5) is 5.69 Å². The molecule has 15 heavy (non-hydrogen) atoms. The van der Waals surface area contributed by atoms with Gasteiger partial charge >= 0.3 is 0 Å². The van der Waals surface area contributed by atoms with E-state index in [0.29, 0.717) is 16.5 Å². The smallest absolute Gasteiger partial charge is 0.146 e. The van der Waals surface area contributed by atoms with Crippen LogP contribution in [-0.2, 0) is 0 Å². The van der Waals surface area contributed by atoms with Crippen molar-refractivity contribution in [3.05, 3.63) is 47.2 Å². The molecule has 0 fully saturated rings. The summed E-state index contributed by atoms with van der Waals surface area (Å²) >= 11 is 5.99. The molecule has 1 aliphatic carbocycles. The van der Waals surface area contributed by atoms with E-state index in [1.54, 1.807) is 18.2 Å². The second-order valence-electron chi connectivity index (χ2n) is 3.38. The Morgan fingerprint density at radius 1 is 1.27 bits per heavy atom. The summed E-state index contributed by atoms with van der Waals surface area (Å²) in [4.78, 5) is 0. The predicted molar refractivity (Wildman–Crippen MR) is 62.9 cm³/mol. The van der Waals surface area contributed by atoms with E-state index >= 15 is 0 Å². The Morgan fingerprint density at radius 2 is 2.13 bits per heavy atom. The maximum absolute atomic E-state index is 5.99. The van der Waals surface area contributed by atoms with Crippen molar-refractivity contribution in [1.29, 1.82) is 0 Å². The fourth-order valence-corrected chi connectivity index (χ4v) is 1.62. The molecule has 1 aliphatic rings. The molecule has 0 amide bonds. The quantitative estimate of drug-likeness (QED) is 0.776. The monoisotopic (exact) mass is 221 g/mol. The first-order chi connectivity index (χ1) is 7.25. The molecule has 2 N–H and O–H groups in total. The number of halogens is 1. The Hall–Kier alpha value is -1.41. The van der Waals surface area contributed by atoms with Crippen molar-refractivity contribution in [2.45, 2.75) is 12.8 Å². The average molecular weight is 222 g/mol. The van der Waals surface area contributed by atoms with Crippen LogP contribution in [0, 0.1) is 0 Å². The molecule has 0 unspecified atom stereocenters. The minimum atomic E-state index is 0.537. The number of allylic oxidation sites excluding steroid dienone is 3. The van der Waals surface area contributed by atoms with E-state index in [0.717, 1.165) is 18.6 Å². The van der Waals surface area contributed by atoms with Crippen LogP contribution in [0.2, 0.25) is 5.02 Å². The Morgan fingerprint density at radius 3 is 2.80 bits per heavy atom. The third-order valence-corrected chi connectivity index (χ3v) is 2.44. The van der Waals surface area contributed by atoms with Crippen molar-refractivity contribution >= 4 is 17.3 Å². The predicted octanol–water partition coefficient (Wildman–Crippen LogP) is 3.53. The van der Waals surface area contributed by atoms with E-state index in [9.17, 15) is 0 Å². The highest BCUT2D eigenvalue weighted by Crippen LogP contribution is 2.28. The average Bonchev–Trinajstić information content (AvgIpc) is 2.24. The number of nitrogens with two attached hydrogens (primary N) is 1. The van der Waals surface area contributed by atoms with Crippen LogP contribution >= 0.6 is 11.6 Å². The summed E-state index contributed by atoms with van der Waals surface area (Å²) in [5, 5.41) is 0.537. The molecule has 0 radical (unpaired) electrons. The van der Waals surface area contributed by atoms with Crippen LogP contribution in [0.1, 0.15) is 12.8 Å². The lowest BCUT2D eigenvalue weighted by Crippen LogP contribution is -1.96. The lowest BCUT2D eigenvalue weighted by molar-refractivity contribution is 0.439. The second kappa shape index (κ2) is 4.41. The van der Waals surface area contributed by atoms with Gasteiger partial charge < -0.3 is 10.5 Å². The van der Waals surface area contributed by atoms with E-state index in [4.69, 9.17) is 22.1 Å². The van der Waals surface area contributed by atoms with E-state index < -0.39 is 0 Å². The molecule has 1 aromatic rings. The Labute approximate surface area is 94.0 Å². The first-order valence-electron chi connectivity index (χ1n) is 4.85. The zero-order chi connectivity index (χ0) is 10.7. The van der Waals surface area contributed by atoms with Gasteiger partial charge in [-0.2, -0.15) is 0 Å². The Balaban J connectivity index is 2.17. The summed E-state index contributed by atoms with van der Waals surface area (Å²) in [5.74, 6) is 1.48. The lowest BCUT2D eigenvalue weighted by atomic mass is 10.2. The van der Waals surface area contributed by atoms with E-state index in [1.165, 1.54) is 0 Å². The fraction of sp³-hybridized carbons (Fsp3) is 0.167. The van der Waals surface area contributed by atoms with Crippen molar-refractivity contribution in [2.24, 2.45) is 0 Å². The second-order valence-corrected chi connectivity index (χ2v) is 3.79. The fourth-order valence-electron chi connectivity index (χ4n) is 1.39. The number of hydrogen-bond acceptors (Lipinski definition) is 2. The largest absolute Gasteiger partial charge is 0.456 e. The molecule has 1 aromatic carbocycles. The molecule has 0 saturated heterocycles. The van der Waals surface area contributed by atoms with Gasteiger partial charge in [-0.1, -0.05) is 17.7 Å². The number of anilines is 1. The van der Waals surface area contributed by atoms with Gasteiger partial charge in [-0.25, -0.2) is 0 Å². The molecule has 3 heteroatoms. The van der Waals surface area contributed by atoms with Crippen molar-refractivity contribution in [3.63, 3.8) is 0 Å². The van der Waals surface area contributed by atoms with Gasteiger partial charge in [-0.15, -0.1) is 0 Å². The zero-order valence-corrected chi connectivity index (χ0v) is 9.00. The molecule has 0 aromatic heterocycles. The summed E-state index contributed by atoms with van der Waals surface area (Å²) in [6.07, 6.45) is 8.17. The van der Waals surface area contributed by atoms with Crippen LogP contribution in [0.25, 0.3) is 0 Å². The van der Waals surface area contributed by atoms with Crippen molar-refractivity contribution in [1.82, 2.24) is 0 Å². The Kier molecular flexibility index (Phi) is 2.97. The van der Waals surface area contributed by atoms with Gasteiger partial charge in [0.05, 0.1) is 5.02 Å². The van der Waals surface area contributed by atoms with Gasteiger partial charge in [0, 0.05) is 5.69 Å². The molecule has 0 saturated carbocycles. The number of nitrogen functional groups attached to an aromatic ring is 1. The topological polar surface area (TPSA) is 35.2 Å². The maximum atomic E-state index is 5.99. The van der Waals surface area contributed by atoms with Crippen LogP contribution in [0.15, 0.2) is 42.2 Å². The molecule has 78 valence electrons. The minimum Gasteiger partial charge on any atom is -0.456 e. The van der Waals surface area contributed by atoms with Crippen LogP contribution in [0.5, 0.6) is 5.75 Å². The first kappa shape index (κ1) is 10.1. The van der Waals surface area contributed by atoms with E-state index in [-0.39, 0.29) is 0 Å². The number of benzene rings is 1. The summed E-state index contributed by atoms with van der Waals surface area (Å²) in [5.41, 5.74) is 6.23. The molecule has 2 rings (SSSR count). The van der Waals surface area contributed by atoms with E-state index in [1.807, 2.05) is 12.2 Å².